The van der Waals surface area contributed by atoms with Crippen LogP contribution in [0.3, 0.4) is 0 Å². The lowest BCUT2D eigenvalue weighted by Crippen LogP contribution is -2.27. The minimum Gasteiger partial charge on any atom is -0.457 e. The van der Waals surface area contributed by atoms with Gasteiger partial charge >= 0.3 is 6.03 Å². The molecule has 2 N–H and O–H groups in total. The fraction of sp³-hybridized carbons (Fsp3) is 0.0556. The molecule has 0 unspecified atom stereocenters. The predicted octanol–water partition coefficient (Wildman–Crippen LogP) is 4.86. The summed E-state index contributed by atoms with van der Waals surface area (Å²) in [7, 11) is 0. The van der Waals surface area contributed by atoms with Crippen molar-refractivity contribution < 1.29 is 9.53 Å². The van der Waals surface area contributed by atoms with Crippen molar-refractivity contribution in [2.75, 3.05) is 5.32 Å². The van der Waals surface area contributed by atoms with E-state index in [1.54, 1.807) is 11.3 Å². The highest BCUT2D eigenvalue weighted by molar-refractivity contribution is 7.09. The lowest BCUT2D eigenvalue weighted by Gasteiger charge is -2.09. The van der Waals surface area contributed by atoms with Gasteiger partial charge in [0.2, 0.25) is 0 Å². The Morgan fingerprint density at radius 1 is 0.913 bits per heavy atom. The normalized spacial score (nSPS) is 10.1. The lowest BCUT2D eigenvalue weighted by molar-refractivity contribution is 0.252. The molecular weight excluding hydrogens is 308 g/mol. The van der Waals surface area contributed by atoms with Crippen LogP contribution in [0.4, 0.5) is 10.5 Å². The number of anilines is 1. The Morgan fingerprint density at radius 2 is 1.65 bits per heavy atom. The Bertz CT molecular complexity index is 740. The molecule has 0 saturated heterocycles. The van der Waals surface area contributed by atoms with Gasteiger partial charge in [0.25, 0.3) is 0 Å². The summed E-state index contributed by atoms with van der Waals surface area (Å²) in [4.78, 5) is 13.0. The van der Waals surface area contributed by atoms with Crippen molar-refractivity contribution in [3.05, 3.63) is 77.0 Å². The third-order valence-corrected chi connectivity index (χ3v) is 3.97. The van der Waals surface area contributed by atoms with E-state index >= 15 is 0 Å². The van der Waals surface area contributed by atoms with Gasteiger partial charge in [-0.3, -0.25) is 0 Å². The molecule has 3 rings (SSSR count). The van der Waals surface area contributed by atoms with Gasteiger partial charge in [0, 0.05) is 10.6 Å². The molecule has 0 bridgehead atoms. The van der Waals surface area contributed by atoms with Crippen LogP contribution < -0.4 is 15.4 Å². The molecule has 0 atom stereocenters. The zero-order valence-electron chi connectivity index (χ0n) is 12.4. The van der Waals surface area contributed by atoms with Gasteiger partial charge in [-0.05, 0) is 47.8 Å². The maximum absolute atomic E-state index is 11.8. The van der Waals surface area contributed by atoms with E-state index in [1.165, 1.54) is 0 Å². The lowest BCUT2D eigenvalue weighted by atomic mass is 10.3. The molecule has 0 radical (unpaired) electrons. The standard InChI is InChI=1S/C18H16N2O2S/c21-18(19-13-17-7-4-12-23-17)20-14-8-10-16(11-9-14)22-15-5-2-1-3-6-15/h1-12H,13H2,(H2,19,20,21). The second kappa shape index (κ2) is 7.47. The van der Waals surface area contributed by atoms with E-state index in [1.807, 2.05) is 72.1 Å². The molecule has 5 heteroatoms. The van der Waals surface area contributed by atoms with Crippen LogP contribution in [0.25, 0.3) is 0 Å². The molecule has 1 heterocycles. The van der Waals surface area contributed by atoms with E-state index in [2.05, 4.69) is 10.6 Å². The zero-order chi connectivity index (χ0) is 15.9. The average molecular weight is 324 g/mol. The number of ether oxygens (including phenoxy) is 1. The first-order chi connectivity index (χ1) is 11.3. The quantitative estimate of drug-likeness (QED) is 0.704. The summed E-state index contributed by atoms with van der Waals surface area (Å²) in [5, 5.41) is 7.60. The largest absolute Gasteiger partial charge is 0.457 e. The van der Waals surface area contributed by atoms with E-state index in [0.717, 1.165) is 16.4 Å². The summed E-state index contributed by atoms with van der Waals surface area (Å²) in [6, 6.07) is 20.5. The number of carbonyl (C=O) groups is 1. The van der Waals surface area contributed by atoms with Gasteiger partial charge < -0.3 is 15.4 Å². The third-order valence-electron chi connectivity index (χ3n) is 3.09. The Labute approximate surface area is 138 Å². The molecule has 0 fully saturated rings. The molecule has 4 nitrogen and oxygen atoms in total. The molecule has 0 aliphatic heterocycles. The van der Waals surface area contributed by atoms with Crippen molar-refractivity contribution in [1.82, 2.24) is 5.32 Å². The molecule has 1 aromatic heterocycles. The van der Waals surface area contributed by atoms with Gasteiger partial charge in [0.15, 0.2) is 0 Å². The summed E-state index contributed by atoms with van der Waals surface area (Å²) in [5.41, 5.74) is 0.717. The number of nitrogens with one attached hydrogen (secondary N) is 2. The van der Waals surface area contributed by atoms with Crippen molar-refractivity contribution in [3.63, 3.8) is 0 Å². The van der Waals surface area contributed by atoms with Crippen LogP contribution in [0.2, 0.25) is 0 Å². The van der Waals surface area contributed by atoms with E-state index in [-0.39, 0.29) is 6.03 Å². The molecule has 0 spiro atoms. The molecule has 116 valence electrons. The summed E-state index contributed by atoms with van der Waals surface area (Å²) in [6.07, 6.45) is 0. The monoisotopic (exact) mass is 324 g/mol. The highest BCUT2D eigenvalue weighted by Gasteiger charge is 2.03. The Hall–Kier alpha value is -2.79. The molecule has 3 aromatic rings. The first-order valence-corrected chi connectivity index (χ1v) is 8.08. The van der Waals surface area contributed by atoms with Crippen molar-refractivity contribution in [1.29, 1.82) is 0 Å². The molecule has 2 amide bonds. The van der Waals surface area contributed by atoms with Gasteiger partial charge in [-0.25, -0.2) is 4.79 Å². The van der Waals surface area contributed by atoms with Gasteiger partial charge in [0.05, 0.1) is 6.54 Å². The van der Waals surface area contributed by atoms with Crippen molar-refractivity contribution in [2.24, 2.45) is 0 Å². The first-order valence-electron chi connectivity index (χ1n) is 7.20. The number of rotatable bonds is 5. The smallest absolute Gasteiger partial charge is 0.319 e. The van der Waals surface area contributed by atoms with Crippen LogP contribution in [0.15, 0.2) is 72.1 Å². The highest BCUT2D eigenvalue weighted by Crippen LogP contribution is 2.22. The minimum atomic E-state index is -0.227. The van der Waals surface area contributed by atoms with Crippen molar-refractivity contribution in [3.8, 4) is 11.5 Å². The Kier molecular flexibility index (Phi) is 4.91. The topological polar surface area (TPSA) is 50.4 Å². The number of urea groups is 1. The summed E-state index contributed by atoms with van der Waals surface area (Å²) in [5.74, 6) is 1.50. The maximum atomic E-state index is 11.8. The van der Waals surface area contributed by atoms with Gasteiger partial charge in [-0.2, -0.15) is 0 Å². The molecule has 0 aliphatic rings. The molecule has 0 saturated carbocycles. The van der Waals surface area contributed by atoms with Crippen LogP contribution >= 0.6 is 11.3 Å². The Balaban J connectivity index is 1.51. The van der Waals surface area contributed by atoms with Crippen LogP contribution in [-0.4, -0.2) is 6.03 Å². The van der Waals surface area contributed by atoms with Crippen molar-refractivity contribution in [2.45, 2.75) is 6.54 Å². The maximum Gasteiger partial charge on any atom is 0.319 e. The minimum absolute atomic E-state index is 0.227. The molecule has 0 aliphatic carbocycles. The molecular formula is C18H16N2O2S. The second-order valence-electron chi connectivity index (χ2n) is 4.83. The van der Waals surface area contributed by atoms with Crippen LogP contribution in [0, 0.1) is 0 Å². The highest BCUT2D eigenvalue weighted by atomic mass is 32.1. The number of hydrogen-bond acceptors (Lipinski definition) is 3. The summed E-state index contributed by atoms with van der Waals surface area (Å²) < 4.78 is 5.71. The third kappa shape index (κ3) is 4.59. The summed E-state index contributed by atoms with van der Waals surface area (Å²) >= 11 is 1.62. The molecule has 2 aromatic carbocycles. The predicted molar refractivity (Wildman–Crippen MR) is 93.1 cm³/mol. The zero-order valence-corrected chi connectivity index (χ0v) is 13.2. The van der Waals surface area contributed by atoms with E-state index < -0.39 is 0 Å². The number of hydrogen-bond donors (Lipinski definition) is 2. The fourth-order valence-corrected chi connectivity index (χ4v) is 2.63. The van der Waals surface area contributed by atoms with E-state index in [4.69, 9.17) is 4.74 Å². The fourth-order valence-electron chi connectivity index (χ4n) is 1.99. The van der Waals surface area contributed by atoms with Gasteiger partial charge in [-0.1, -0.05) is 24.3 Å². The number of para-hydroxylation sites is 1. The van der Waals surface area contributed by atoms with E-state index in [0.29, 0.717) is 12.2 Å². The summed E-state index contributed by atoms with van der Waals surface area (Å²) in [6.45, 7) is 0.526. The van der Waals surface area contributed by atoms with Gasteiger partial charge in [-0.15, -0.1) is 11.3 Å². The van der Waals surface area contributed by atoms with Crippen LogP contribution in [0.1, 0.15) is 4.88 Å². The van der Waals surface area contributed by atoms with Crippen LogP contribution in [-0.2, 0) is 6.54 Å². The second-order valence-corrected chi connectivity index (χ2v) is 5.86. The van der Waals surface area contributed by atoms with Gasteiger partial charge in [0.1, 0.15) is 11.5 Å². The van der Waals surface area contributed by atoms with E-state index in [9.17, 15) is 4.79 Å². The number of benzene rings is 2. The molecule has 23 heavy (non-hydrogen) atoms. The average Bonchev–Trinajstić information content (AvgIpc) is 3.09. The number of thiophene rings is 1. The Morgan fingerprint density at radius 3 is 2.35 bits per heavy atom. The first kappa shape index (κ1) is 15.1. The SMILES string of the molecule is O=C(NCc1cccs1)Nc1ccc(Oc2ccccc2)cc1. The number of amides is 2. The number of carbonyl (C=O) groups excluding carboxylic acids is 1. The van der Waals surface area contributed by atoms with Crippen LogP contribution in [0.5, 0.6) is 11.5 Å². The van der Waals surface area contributed by atoms with Crippen molar-refractivity contribution >= 4 is 23.1 Å².